The molecule has 1 unspecified atom stereocenters. The molecule has 2 heterocycles. The van der Waals surface area contributed by atoms with Crippen LogP contribution in [0.5, 0.6) is 0 Å². The van der Waals surface area contributed by atoms with Crippen LogP contribution in [0.2, 0.25) is 6.32 Å². The van der Waals surface area contributed by atoms with Gasteiger partial charge in [0.2, 0.25) is 5.91 Å². The predicted octanol–water partition coefficient (Wildman–Crippen LogP) is 1.19. The molecule has 2 aliphatic rings. The maximum absolute atomic E-state index is 13.3. The van der Waals surface area contributed by atoms with E-state index in [1.165, 1.54) is 9.80 Å². The second-order valence-corrected chi connectivity index (χ2v) is 9.54. The topological polar surface area (TPSA) is 128 Å². The molecule has 0 aliphatic carbocycles. The maximum Gasteiger partial charge on any atom is 0.451 e. The molecule has 164 valence electrons. The van der Waals surface area contributed by atoms with E-state index < -0.39 is 36.2 Å². The number of carboxylic acid groups (broad SMARTS) is 1. The van der Waals surface area contributed by atoms with E-state index >= 15 is 0 Å². The molecule has 10 heteroatoms. The number of aliphatic carboxylic acids is 1. The lowest BCUT2D eigenvalue weighted by atomic mass is 9.72. The largest absolute Gasteiger partial charge is 0.481 e. The Morgan fingerprint density at radius 1 is 1.24 bits per heavy atom. The number of carbonyl (C=O) groups excluding carboxylic acids is 2. The highest BCUT2D eigenvalue weighted by Crippen LogP contribution is 2.36. The van der Waals surface area contributed by atoms with Gasteiger partial charge in [0.15, 0.2) is 0 Å². The summed E-state index contributed by atoms with van der Waals surface area (Å²) in [5, 5.41) is 28.0. The zero-order chi connectivity index (χ0) is 22.0. The van der Waals surface area contributed by atoms with E-state index in [0.717, 1.165) is 0 Å². The minimum atomic E-state index is -1.46. The summed E-state index contributed by atoms with van der Waals surface area (Å²) < 4.78 is 5.42. The van der Waals surface area contributed by atoms with Crippen molar-refractivity contribution in [3.05, 3.63) is 0 Å². The van der Waals surface area contributed by atoms with Crippen LogP contribution in [0.3, 0.4) is 0 Å². The van der Waals surface area contributed by atoms with Crippen LogP contribution < -0.4 is 0 Å². The highest BCUT2D eigenvalue weighted by molar-refractivity contribution is 6.40. The fraction of sp³-hybridized carbons (Fsp3) is 0.842. The van der Waals surface area contributed by atoms with E-state index in [2.05, 4.69) is 0 Å². The first kappa shape index (κ1) is 23.5. The van der Waals surface area contributed by atoms with Gasteiger partial charge in [0.1, 0.15) is 11.6 Å². The number of hydrogen-bond donors (Lipinski definition) is 3. The van der Waals surface area contributed by atoms with Crippen molar-refractivity contribution in [3.63, 3.8) is 0 Å². The number of hydrogen-bond acceptors (Lipinski definition) is 6. The molecular formula is C19H33BN2O7. The van der Waals surface area contributed by atoms with Gasteiger partial charge in [-0.15, -0.1) is 0 Å². The Labute approximate surface area is 172 Å². The van der Waals surface area contributed by atoms with Crippen LogP contribution in [0.1, 0.15) is 53.4 Å². The lowest BCUT2D eigenvalue weighted by Gasteiger charge is -2.43. The second kappa shape index (κ2) is 8.91. The summed E-state index contributed by atoms with van der Waals surface area (Å²) in [6.45, 7) is 7.74. The first-order chi connectivity index (χ1) is 13.3. The molecule has 29 heavy (non-hydrogen) atoms. The molecule has 0 saturated carbocycles. The van der Waals surface area contributed by atoms with Crippen LogP contribution >= 0.6 is 0 Å². The molecular weight excluding hydrogens is 379 g/mol. The number of nitrogens with zero attached hydrogens (tertiary/aromatic N) is 2. The van der Waals surface area contributed by atoms with Gasteiger partial charge < -0.3 is 24.8 Å². The quantitative estimate of drug-likeness (QED) is 0.579. The molecule has 2 saturated heterocycles. The van der Waals surface area contributed by atoms with Crippen LogP contribution in [0.15, 0.2) is 0 Å². The summed E-state index contributed by atoms with van der Waals surface area (Å²) in [5.74, 6) is -1.41. The average molecular weight is 412 g/mol. The Bertz CT molecular complexity index is 637. The lowest BCUT2D eigenvalue weighted by Crippen LogP contribution is -2.56. The molecule has 0 aromatic heterocycles. The van der Waals surface area contributed by atoms with Crippen molar-refractivity contribution in [2.75, 3.05) is 19.6 Å². The Morgan fingerprint density at radius 2 is 1.90 bits per heavy atom. The van der Waals surface area contributed by atoms with E-state index in [4.69, 9.17) is 14.8 Å². The molecule has 0 aromatic carbocycles. The van der Waals surface area contributed by atoms with Gasteiger partial charge in [0.25, 0.3) is 0 Å². The van der Waals surface area contributed by atoms with Crippen LogP contribution in [0.4, 0.5) is 4.79 Å². The fourth-order valence-corrected chi connectivity index (χ4v) is 4.24. The standard InChI is InChI=1S/C19H33BN2O7/c1-18(2,3)29-17(26)22-9-5-6-14(22)15(23)21-11-13(7-8-20(27)28)10-19(4,12-21)16(24)25/h13-14,27-28H,5-12H2,1-4H3,(H,24,25)/t13-,14?,19-/m0/s1. The summed E-state index contributed by atoms with van der Waals surface area (Å²) in [6, 6.07) is -0.662. The zero-order valence-electron chi connectivity index (χ0n) is 17.8. The number of ether oxygens (including phenoxy) is 1. The Balaban J connectivity index is 2.15. The van der Waals surface area contributed by atoms with E-state index in [1.807, 2.05) is 0 Å². The van der Waals surface area contributed by atoms with Crippen LogP contribution in [-0.4, -0.2) is 81.3 Å². The van der Waals surface area contributed by atoms with Crippen molar-refractivity contribution in [1.29, 1.82) is 0 Å². The van der Waals surface area contributed by atoms with E-state index in [-0.39, 0.29) is 24.7 Å². The van der Waals surface area contributed by atoms with Crippen LogP contribution in [0.25, 0.3) is 0 Å². The van der Waals surface area contributed by atoms with Crippen LogP contribution in [0, 0.1) is 11.3 Å². The number of carboxylic acids is 1. The Hall–Kier alpha value is -1.81. The Kier molecular flexibility index (Phi) is 7.21. The third-order valence-corrected chi connectivity index (χ3v) is 5.58. The molecule has 0 bridgehead atoms. The van der Waals surface area contributed by atoms with Gasteiger partial charge in [-0.1, -0.05) is 6.42 Å². The highest BCUT2D eigenvalue weighted by Gasteiger charge is 2.46. The molecule has 2 amide bonds. The van der Waals surface area contributed by atoms with Crippen LogP contribution in [-0.2, 0) is 14.3 Å². The minimum Gasteiger partial charge on any atom is -0.481 e. The minimum absolute atomic E-state index is 0.0675. The van der Waals surface area contributed by atoms with Crippen molar-refractivity contribution in [2.45, 2.75) is 71.3 Å². The van der Waals surface area contributed by atoms with Gasteiger partial charge in [-0.3, -0.25) is 14.5 Å². The normalized spacial score (nSPS) is 27.7. The number of rotatable bonds is 5. The van der Waals surface area contributed by atoms with Gasteiger partial charge in [-0.05, 0) is 59.2 Å². The zero-order valence-corrected chi connectivity index (χ0v) is 17.8. The molecule has 3 N–H and O–H groups in total. The SMILES string of the molecule is CC(C)(C)OC(=O)N1CCCC1C(=O)N1C[C@@H](CCB(O)O)C[C@](C)(C(=O)O)C1. The third kappa shape index (κ3) is 6.09. The molecule has 0 radical (unpaired) electrons. The monoisotopic (exact) mass is 412 g/mol. The number of carbonyl (C=O) groups is 3. The summed E-state index contributed by atoms with van der Waals surface area (Å²) in [4.78, 5) is 40.6. The Morgan fingerprint density at radius 3 is 2.45 bits per heavy atom. The lowest BCUT2D eigenvalue weighted by molar-refractivity contribution is -0.156. The van der Waals surface area contributed by atoms with Gasteiger partial charge >= 0.3 is 19.2 Å². The molecule has 2 aliphatic heterocycles. The summed E-state index contributed by atoms with van der Waals surface area (Å²) >= 11 is 0. The van der Waals surface area contributed by atoms with Crippen molar-refractivity contribution in [3.8, 4) is 0 Å². The van der Waals surface area contributed by atoms with E-state index in [0.29, 0.717) is 38.8 Å². The highest BCUT2D eigenvalue weighted by atomic mass is 16.6. The number of amides is 2. The summed E-state index contributed by atoms with van der Waals surface area (Å²) in [6.07, 6.45) is 1.55. The smallest absolute Gasteiger partial charge is 0.451 e. The summed E-state index contributed by atoms with van der Waals surface area (Å²) in [5.41, 5.74) is -1.79. The van der Waals surface area contributed by atoms with Crippen molar-refractivity contribution >= 4 is 25.1 Å². The van der Waals surface area contributed by atoms with E-state index in [1.54, 1.807) is 27.7 Å². The first-order valence-corrected chi connectivity index (χ1v) is 10.2. The van der Waals surface area contributed by atoms with Gasteiger partial charge in [0, 0.05) is 19.6 Å². The molecule has 2 fully saturated rings. The van der Waals surface area contributed by atoms with Crippen molar-refractivity contribution < 1.29 is 34.3 Å². The van der Waals surface area contributed by atoms with Crippen molar-refractivity contribution in [2.24, 2.45) is 11.3 Å². The van der Waals surface area contributed by atoms with Gasteiger partial charge in [-0.2, -0.15) is 0 Å². The third-order valence-electron chi connectivity index (χ3n) is 5.58. The number of likely N-dealkylation sites (tertiary alicyclic amines) is 2. The first-order valence-electron chi connectivity index (χ1n) is 10.2. The molecule has 9 nitrogen and oxygen atoms in total. The fourth-order valence-electron chi connectivity index (χ4n) is 4.24. The molecule has 3 atom stereocenters. The van der Waals surface area contributed by atoms with Crippen molar-refractivity contribution in [1.82, 2.24) is 9.80 Å². The molecule has 2 rings (SSSR count). The second-order valence-electron chi connectivity index (χ2n) is 9.54. The number of piperidine rings is 1. The molecule has 0 spiro atoms. The van der Waals surface area contributed by atoms with Gasteiger partial charge in [-0.25, -0.2) is 4.79 Å². The van der Waals surface area contributed by atoms with E-state index in [9.17, 15) is 19.5 Å². The predicted molar refractivity (Wildman–Crippen MR) is 106 cm³/mol. The van der Waals surface area contributed by atoms with Gasteiger partial charge in [0.05, 0.1) is 5.41 Å². The average Bonchev–Trinajstić information content (AvgIpc) is 3.07. The summed E-state index contributed by atoms with van der Waals surface area (Å²) in [7, 11) is -1.46. The molecule has 0 aromatic rings. The maximum atomic E-state index is 13.3.